The number of thioether (sulfide) groups is 1. The molecule has 0 spiro atoms. The van der Waals surface area contributed by atoms with Crippen LogP contribution in [-0.4, -0.2) is 26.2 Å². The number of nitrogens with one attached hydrogen (secondary N) is 1. The lowest BCUT2D eigenvalue weighted by Gasteiger charge is -2.05. The number of benzene rings is 1. The number of hydrogen-bond donors (Lipinski definition) is 1. The molecular weight excluding hydrogens is 296 g/mol. The molecule has 0 bridgehead atoms. The van der Waals surface area contributed by atoms with Crippen molar-refractivity contribution in [1.29, 1.82) is 5.26 Å². The lowest BCUT2D eigenvalue weighted by molar-refractivity contribution is 0.774. The summed E-state index contributed by atoms with van der Waals surface area (Å²) in [6, 6.07) is 5.36. The van der Waals surface area contributed by atoms with Gasteiger partial charge in [-0.3, -0.25) is 5.32 Å². The Morgan fingerprint density at radius 3 is 2.90 bits per heavy atom. The standard InChI is InChI=1S/C12H11ClN6S/c1-19-11(16-7-17-19)9-4-3-8(5-10(9)13)18-12(20-2)15-6-14/h3-5,7H,1-2H3,(H,15,18). The molecule has 0 amide bonds. The molecule has 0 radical (unpaired) electrons. The van der Waals surface area contributed by atoms with Crippen LogP contribution in [0.25, 0.3) is 11.4 Å². The number of aromatic nitrogens is 3. The highest BCUT2D eigenvalue weighted by Gasteiger charge is 2.09. The number of nitriles is 1. The molecule has 0 aliphatic heterocycles. The molecule has 102 valence electrons. The van der Waals surface area contributed by atoms with Gasteiger partial charge in [-0.2, -0.15) is 10.4 Å². The van der Waals surface area contributed by atoms with E-state index in [9.17, 15) is 0 Å². The van der Waals surface area contributed by atoms with E-state index in [1.54, 1.807) is 17.8 Å². The molecule has 1 aromatic carbocycles. The predicted octanol–water partition coefficient (Wildman–Crippen LogP) is 2.56. The molecule has 20 heavy (non-hydrogen) atoms. The highest BCUT2D eigenvalue weighted by molar-refractivity contribution is 8.13. The van der Waals surface area contributed by atoms with Crippen LogP contribution < -0.4 is 5.32 Å². The third-order valence-corrected chi connectivity index (χ3v) is 3.38. The van der Waals surface area contributed by atoms with Gasteiger partial charge in [0, 0.05) is 12.6 Å². The summed E-state index contributed by atoms with van der Waals surface area (Å²) in [4.78, 5) is 8.45. The van der Waals surface area contributed by atoms with Crippen molar-refractivity contribution in [2.75, 3.05) is 6.26 Å². The number of aryl methyl sites for hydroxylation is 1. The first-order chi connectivity index (χ1) is 9.65. The normalized spacial score (nSPS) is 11.2. The minimum atomic E-state index is 0.509. The van der Waals surface area contributed by atoms with E-state index in [-0.39, 0.29) is 0 Å². The van der Waals surface area contributed by atoms with E-state index in [1.807, 2.05) is 24.6 Å². The molecule has 1 heterocycles. The van der Waals surface area contributed by atoms with Crippen LogP contribution >= 0.6 is 23.4 Å². The fraction of sp³-hybridized carbons (Fsp3) is 0.167. The zero-order chi connectivity index (χ0) is 14.5. The second-order valence-corrected chi connectivity index (χ2v) is 4.93. The fourth-order valence-electron chi connectivity index (χ4n) is 1.58. The molecule has 0 saturated heterocycles. The molecule has 1 aromatic heterocycles. The molecule has 0 saturated carbocycles. The number of hydrogen-bond acceptors (Lipinski definition) is 5. The van der Waals surface area contributed by atoms with E-state index in [0.29, 0.717) is 21.7 Å². The topological polar surface area (TPSA) is 78.9 Å². The van der Waals surface area contributed by atoms with Crippen LogP contribution in [0.5, 0.6) is 0 Å². The SMILES string of the molecule is CSC(=Nc1ccc(-c2ncnn2C)c(Cl)c1)NC#N. The summed E-state index contributed by atoms with van der Waals surface area (Å²) in [5.41, 5.74) is 1.44. The van der Waals surface area contributed by atoms with Crippen molar-refractivity contribution in [3.05, 3.63) is 29.5 Å². The summed E-state index contributed by atoms with van der Waals surface area (Å²) >= 11 is 7.60. The summed E-state index contributed by atoms with van der Waals surface area (Å²) in [5, 5.41) is 16.2. The average Bonchev–Trinajstić information content (AvgIpc) is 2.84. The van der Waals surface area contributed by atoms with E-state index >= 15 is 0 Å². The number of aliphatic imine (C=N–C) groups is 1. The molecule has 6 nitrogen and oxygen atoms in total. The third-order valence-electron chi connectivity index (χ3n) is 2.49. The Kier molecular flexibility index (Phi) is 4.61. The molecular formula is C12H11ClN6S. The van der Waals surface area contributed by atoms with Crippen LogP contribution in [0.3, 0.4) is 0 Å². The summed E-state index contributed by atoms with van der Waals surface area (Å²) in [7, 11) is 1.80. The van der Waals surface area contributed by atoms with Crippen LogP contribution in [0.1, 0.15) is 0 Å². The summed E-state index contributed by atoms with van der Waals surface area (Å²) in [5.74, 6) is 0.686. The van der Waals surface area contributed by atoms with Gasteiger partial charge in [0.1, 0.15) is 6.33 Å². The minimum absolute atomic E-state index is 0.509. The van der Waals surface area contributed by atoms with Gasteiger partial charge in [-0.05, 0) is 24.5 Å². The Labute approximate surface area is 125 Å². The van der Waals surface area contributed by atoms with Gasteiger partial charge in [0.25, 0.3) is 0 Å². The molecule has 0 unspecified atom stereocenters. The van der Waals surface area contributed by atoms with Crippen LogP contribution in [0.15, 0.2) is 29.5 Å². The van der Waals surface area contributed by atoms with Crippen molar-refractivity contribution in [2.45, 2.75) is 0 Å². The van der Waals surface area contributed by atoms with Crippen molar-refractivity contribution in [3.63, 3.8) is 0 Å². The third kappa shape index (κ3) is 3.10. The maximum Gasteiger partial charge on any atom is 0.183 e. The lowest BCUT2D eigenvalue weighted by atomic mass is 10.2. The summed E-state index contributed by atoms with van der Waals surface area (Å²) < 4.78 is 1.65. The molecule has 0 aliphatic carbocycles. The lowest BCUT2D eigenvalue weighted by Crippen LogP contribution is -2.12. The summed E-state index contributed by atoms with van der Waals surface area (Å²) in [6.45, 7) is 0. The minimum Gasteiger partial charge on any atom is -0.271 e. The maximum absolute atomic E-state index is 8.60. The number of halogens is 1. The first-order valence-corrected chi connectivity index (χ1v) is 7.17. The predicted molar refractivity (Wildman–Crippen MR) is 80.8 cm³/mol. The van der Waals surface area contributed by atoms with Crippen molar-refractivity contribution < 1.29 is 0 Å². The van der Waals surface area contributed by atoms with Gasteiger partial charge in [0.15, 0.2) is 17.2 Å². The zero-order valence-electron chi connectivity index (χ0n) is 10.8. The molecule has 0 aliphatic rings. The Morgan fingerprint density at radius 1 is 1.55 bits per heavy atom. The van der Waals surface area contributed by atoms with Crippen molar-refractivity contribution in [3.8, 4) is 17.6 Å². The summed E-state index contributed by atoms with van der Waals surface area (Å²) in [6.07, 6.45) is 5.14. The van der Waals surface area contributed by atoms with Crippen molar-refractivity contribution in [1.82, 2.24) is 20.1 Å². The van der Waals surface area contributed by atoms with Crippen molar-refractivity contribution in [2.24, 2.45) is 12.0 Å². The van der Waals surface area contributed by atoms with E-state index in [2.05, 4.69) is 20.4 Å². The monoisotopic (exact) mass is 306 g/mol. The number of amidine groups is 1. The van der Waals surface area contributed by atoms with Gasteiger partial charge in [0.05, 0.1) is 10.7 Å². The van der Waals surface area contributed by atoms with Crippen LogP contribution in [0, 0.1) is 11.5 Å². The fourth-order valence-corrected chi connectivity index (χ4v) is 2.19. The quantitative estimate of drug-likeness (QED) is 0.399. The molecule has 1 N–H and O–H groups in total. The van der Waals surface area contributed by atoms with Gasteiger partial charge in [-0.1, -0.05) is 23.4 Å². The van der Waals surface area contributed by atoms with Crippen molar-refractivity contribution >= 4 is 34.2 Å². The Balaban J connectivity index is 2.36. The molecule has 2 aromatic rings. The molecule has 2 rings (SSSR count). The zero-order valence-corrected chi connectivity index (χ0v) is 12.4. The van der Waals surface area contributed by atoms with Gasteiger partial charge < -0.3 is 0 Å². The first kappa shape index (κ1) is 14.4. The Morgan fingerprint density at radius 2 is 2.35 bits per heavy atom. The highest BCUT2D eigenvalue weighted by Crippen LogP contribution is 2.30. The average molecular weight is 307 g/mol. The largest absolute Gasteiger partial charge is 0.271 e. The Hall–Kier alpha value is -2.04. The maximum atomic E-state index is 8.60. The smallest absolute Gasteiger partial charge is 0.183 e. The second kappa shape index (κ2) is 6.41. The molecule has 0 atom stereocenters. The Bertz CT molecular complexity index is 687. The van der Waals surface area contributed by atoms with E-state index in [4.69, 9.17) is 16.9 Å². The number of nitrogens with zero attached hydrogens (tertiary/aromatic N) is 5. The van der Waals surface area contributed by atoms with Crippen LogP contribution in [-0.2, 0) is 7.05 Å². The van der Waals surface area contributed by atoms with Gasteiger partial charge in [-0.25, -0.2) is 14.7 Å². The van der Waals surface area contributed by atoms with Gasteiger partial charge in [0.2, 0.25) is 0 Å². The van der Waals surface area contributed by atoms with E-state index in [1.165, 1.54) is 18.1 Å². The number of rotatable bonds is 2. The molecule has 8 heteroatoms. The van der Waals surface area contributed by atoms with Gasteiger partial charge >= 0.3 is 0 Å². The van der Waals surface area contributed by atoms with Gasteiger partial charge in [-0.15, -0.1) is 0 Å². The second-order valence-electron chi connectivity index (χ2n) is 3.73. The van der Waals surface area contributed by atoms with E-state index in [0.717, 1.165) is 5.56 Å². The van der Waals surface area contributed by atoms with Crippen LogP contribution in [0.4, 0.5) is 5.69 Å². The first-order valence-electron chi connectivity index (χ1n) is 5.57. The molecule has 0 fully saturated rings. The van der Waals surface area contributed by atoms with E-state index < -0.39 is 0 Å². The van der Waals surface area contributed by atoms with Crippen LogP contribution in [0.2, 0.25) is 5.02 Å². The highest BCUT2D eigenvalue weighted by atomic mass is 35.5.